The topological polar surface area (TPSA) is 122 Å². The van der Waals surface area contributed by atoms with Crippen LogP contribution in [0.3, 0.4) is 0 Å². The molecule has 172 valence electrons. The van der Waals surface area contributed by atoms with Gasteiger partial charge >= 0.3 is 6.03 Å². The molecule has 0 bridgehead atoms. The normalized spacial score (nSPS) is 18.1. The van der Waals surface area contributed by atoms with Gasteiger partial charge in [-0.15, -0.1) is 0 Å². The van der Waals surface area contributed by atoms with E-state index < -0.39 is 16.9 Å². The van der Waals surface area contributed by atoms with Crippen molar-refractivity contribution >= 4 is 29.6 Å². The number of nitrogens with one attached hydrogen (secondary N) is 1. The lowest BCUT2D eigenvalue weighted by Gasteiger charge is -2.31. The highest BCUT2D eigenvalue weighted by molar-refractivity contribution is 6.14. The highest BCUT2D eigenvalue weighted by atomic mass is 16.6. The Kier molecular flexibility index (Phi) is 7.45. The highest BCUT2D eigenvalue weighted by Gasteiger charge is 2.30. The largest absolute Gasteiger partial charge is 0.494 e. The van der Waals surface area contributed by atoms with Gasteiger partial charge < -0.3 is 9.64 Å². The lowest BCUT2D eigenvalue weighted by atomic mass is 9.94. The second kappa shape index (κ2) is 10.3. The summed E-state index contributed by atoms with van der Waals surface area (Å²) >= 11 is 0. The number of urea groups is 1. The van der Waals surface area contributed by atoms with Crippen molar-refractivity contribution in [3.8, 4) is 5.75 Å². The maximum atomic E-state index is 12.4. The van der Waals surface area contributed by atoms with Crippen LogP contribution in [0.4, 0.5) is 10.5 Å². The number of ether oxygens (including phenoxy) is 1. The van der Waals surface area contributed by atoms with Crippen LogP contribution in [0.1, 0.15) is 50.5 Å². The number of imide groups is 1. The van der Waals surface area contributed by atoms with Crippen molar-refractivity contribution < 1.29 is 24.0 Å². The van der Waals surface area contributed by atoms with Crippen LogP contribution in [0.15, 0.2) is 23.9 Å². The smallest absolute Gasteiger partial charge is 0.328 e. The van der Waals surface area contributed by atoms with Crippen molar-refractivity contribution in [3.05, 3.63) is 39.6 Å². The van der Waals surface area contributed by atoms with Crippen molar-refractivity contribution in [1.82, 2.24) is 15.1 Å². The van der Waals surface area contributed by atoms with Gasteiger partial charge in [0.25, 0.3) is 11.6 Å². The molecule has 0 unspecified atom stereocenters. The lowest BCUT2D eigenvalue weighted by molar-refractivity contribution is -0.385. The summed E-state index contributed by atoms with van der Waals surface area (Å²) in [6, 6.07) is 3.93. The van der Waals surface area contributed by atoms with E-state index in [4.69, 9.17) is 4.74 Å². The van der Waals surface area contributed by atoms with E-state index >= 15 is 0 Å². The third kappa shape index (κ3) is 5.43. The minimum Gasteiger partial charge on any atom is -0.494 e. The predicted octanol–water partition coefficient (Wildman–Crippen LogP) is 3.07. The van der Waals surface area contributed by atoms with E-state index in [9.17, 15) is 24.5 Å². The molecule has 2 aliphatic rings. The summed E-state index contributed by atoms with van der Waals surface area (Å²) in [4.78, 5) is 49.7. The van der Waals surface area contributed by atoms with Crippen molar-refractivity contribution in [1.29, 1.82) is 0 Å². The fourth-order valence-electron chi connectivity index (χ4n) is 3.98. The number of amides is 4. The maximum Gasteiger partial charge on any atom is 0.328 e. The van der Waals surface area contributed by atoms with Crippen molar-refractivity contribution in [2.24, 2.45) is 0 Å². The number of likely N-dealkylation sites (N-methyl/N-ethyl adjacent to an activating group) is 1. The summed E-state index contributed by atoms with van der Waals surface area (Å²) in [6.07, 6.45) is 7.83. The molecule has 32 heavy (non-hydrogen) atoms. The molecule has 1 aromatic carbocycles. The number of nitro benzene ring substituents is 1. The third-order valence-corrected chi connectivity index (χ3v) is 5.93. The standard InChI is InChI=1S/C22H28N4O6/c1-24(16-7-4-3-5-8-16)20(27)9-6-12-32-17-10-11-18(26(30)31)15(13-17)14-19-21(28)23-22(29)25(19)2/h10-11,13-14,16H,3-9,12H2,1-2H3,(H,23,28,29)/b19-14+. The van der Waals surface area contributed by atoms with Crippen LogP contribution >= 0.6 is 0 Å². The summed E-state index contributed by atoms with van der Waals surface area (Å²) in [5.74, 6) is -0.156. The van der Waals surface area contributed by atoms with E-state index in [1.165, 1.54) is 37.7 Å². The first-order chi connectivity index (χ1) is 15.3. The number of hydrogen-bond acceptors (Lipinski definition) is 6. The number of nitrogens with zero attached hydrogens (tertiary/aromatic N) is 3. The van der Waals surface area contributed by atoms with Crippen LogP contribution < -0.4 is 10.1 Å². The Labute approximate surface area is 186 Å². The zero-order chi connectivity index (χ0) is 23.3. The molecule has 1 saturated heterocycles. The van der Waals surface area contributed by atoms with Gasteiger partial charge in [0.2, 0.25) is 5.91 Å². The number of benzene rings is 1. The van der Waals surface area contributed by atoms with Crippen LogP contribution in [0, 0.1) is 10.1 Å². The molecule has 1 N–H and O–H groups in total. The molecule has 1 aliphatic carbocycles. The fraction of sp³-hybridized carbons (Fsp3) is 0.500. The van der Waals surface area contributed by atoms with E-state index in [-0.39, 0.29) is 29.5 Å². The van der Waals surface area contributed by atoms with E-state index in [2.05, 4.69) is 5.32 Å². The van der Waals surface area contributed by atoms with Crippen LogP contribution in [0.25, 0.3) is 6.08 Å². The quantitative estimate of drug-likeness (QED) is 0.216. The van der Waals surface area contributed by atoms with E-state index in [1.54, 1.807) is 0 Å². The molecule has 3 rings (SSSR count). The monoisotopic (exact) mass is 444 g/mol. The van der Waals surface area contributed by atoms with Crippen molar-refractivity contribution in [2.45, 2.75) is 51.0 Å². The van der Waals surface area contributed by atoms with Gasteiger partial charge in [0.1, 0.15) is 11.4 Å². The third-order valence-electron chi connectivity index (χ3n) is 5.93. The Hall–Kier alpha value is -3.43. The molecule has 0 spiro atoms. The Balaban J connectivity index is 1.61. The summed E-state index contributed by atoms with van der Waals surface area (Å²) in [7, 11) is 3.26. The maximum absolute atomic E-state index is 12.4. The predicted molar refractivity (Wildman–Crippen MR) is 117 cm³/mol. The fourth-order valence-corrected chi connectivity index (χ4v) is 3.98. The second-order valence-electron chi connectivity index (χ2n) is 8.07. The van der Waals surface area contributed by atoms with Gasteiger partial charge in [0, 0.05) is 32.6 Å². The van der Waals surface area contributed by atoms with Gasteiger partial charge in [-0.1, -0.05) is 19.3 Å². The van der Waals surface area contributed by atoms with E-state index in [0.29, 0.717) is 24.6 Å². The average molecular weight is 444 g/mol. The molecular weight excluding hydrogens is 416 g/mol. The molecule has 1 aromatic rings. The Bertz CT molecular complexity index is 938. The van der Waals surface area contributed by atoms with E-state index in [0.717, 1.165) is 30.6 Å². The molecule has 1 saturated carbocycles. The number of carbonyl (C=O) groups is 3. The van der Waals surface area contributed by atoms with Gasteiger partial charge in [-0.2, -0.15) is 0 Å². The molecule has 2 fully saturated rings. The van der Waals surface area contributed by atoms with Gasteiger partial charge in [-0.3, -0.25) is 29.9 Å². The summed E-state index contributed by atoms with van der Waals surface area (Å²) in [5, 5.41) is 13.5. The molecular formula is C22H28N4O6. The summed E-state index contributed by atoms with van der Waals surface area (Å²) < 4.78 is 5.69. The van der Waals surface area contributed by atoms with Crippen LogP contribution in [0.5, 0.6) is 5.75 Å². The molecule has 0 atom stereocenters. The van der Waals surface area contributed by atoms with Gasteiger partial charge in [0.05, 0.1) is 17.1 Å². The number of rotatable bonds is 8. The molecule has 0 radical (unpaired) electrons. The van der Waals surface area contributed by atoms with Crippen molar-refractivity contribution in [2.75, 3.05) is 20.7 Å². The highest BCUT2D eigenvalue weighted by Crippen LogP contribution is 2.28. The SMILES string of the molecule is CN1C(=O)NC(=O)/C1=C\c1cc(OCCCC(=O)N(C)C2CCCCC2)ccc1[N+](=O)[O-]. The zero-order valence-electron chi connectivity index (χ0n) is 18.3. The second-order valence-corrected chi connectivity index (χ2v) is 8.07. The molecule has 1 aliphatic heterocycles. The first-order valence-electron chi connectivity index (χ1n) is 10.8. The van der Waals surface area contributed by atoms with Crippen molar-refractivity contribution in [3.63, 3.8) is 0 Å². The first kappa shape index (κ1) is 23.2. The van der Waals surface area contributed by atoms with Gasteiger partial charge in [0.15, 0.2) is 0 Å². The summed E-state index contributed by atoms with van der Waals surface area (Å²) in [6.45, 7) is 0.275. The minimum atomic E-state index is -0.626. The van der Waals surface area contributed by atoms with Crippen LogP contribution in [-0.4, -0.2) is 59.3 Å². The van der Waals surface area contributed by atoms with Gasteiger partial charge in [-0.05, 0) is 37.5 Å². The molecule has 1 heterocycles. The Morgan fingerprint density at radius 2 is 2.03 bits per heavy atom. The molecule has 0 aromatic heterocycles. The minimum absolute atomic E-state index is 0.00611. The Morgan fingerprint density at radius 1 is 1.31 bits per heavy atom. The number of carbonyl (C=O) groups excluding carboxylic acids is 3. The average Bonchev–Trinajstić information content (AvgIpc) is 3.02. The first-order valence-corrected chi connectivity index (χ1v) is 10.8. The van der Waals surface area contributed by atoms with Crippen LogP contribution in [0.2, 0.25) is 0 Å². The van der Waals surface area contributed by atoms with Crippen LogP contribution in [-0.2, 0) is 9.59 Å². The summed E-state index contributed by atoms with van der Waals surface area (Å²) in [5.41, 5.74) is -0.0615. The Morgan fingerprint density at radius 3 is 2.66 bits per heavy atom. The molecule has 10 nitrogen and oxygen atoms in total. The molecule has 4 amide bonds. The number of nitro groups is 1. The van der Waals surface area contributed by atoms with E-state index in [1.807, 2.05) is 11.9 Å². The zero-order valence-corrected chi connectivity index (χ0v) is 18.3. The molecule has 10 heteroatoms. The van der Waals surface area contributed by atoms with Gasteiger partial charge in [-0.25, -0.2) is 4.79 Å². The lowest BCUT2D eigenvalue weighted by Crippen LogP contribution is -2.38. The number of hydrogen-bond donors (Lipinski definition) is 1.